The second-order valence-corrected chi connectivity index (χ2v) is 2.24. The van der Waals surface area contributed by atoms with Crippen LogP contribution in [0.4, 0.5) is 0 Å². The largest absolute Gasteiger partial charge is 0.306 e. The highest BCUT2D eigenvalue weighted by molar-refractivity contribution is 5.27. The molecule has 0 saturated heterocycles. The Morgan fingerprint density at radius 1 is 1.60 bits per heavy atom. The highest BCUT2D eigenvalue weighted by Gasteiger charge is 2.02. The summed E-state index contributed by atoms with van der Waals surface area (Å²) in [5.74, 6) is 0. The predicted octanol–water partition coefficient (Wildman–Crippen LogP) is 0.159. The van der Waals surface area contributed by atoms with Crippen molar-refractivity contribution in [3.63, 3.8) is 0 Å². The fourth-order valence-corrected chi connectivity index (χ4v) is 1.01. The van der Waals surface area contributed by atoms with E-state index in [0.717, 1.165) is 5.65 Å². The second-order valence-electron chi connectivity index (χ2n) is 2.24. The van der Waals surface area contributed by atoms with Gasteiger partial charge in [0.2, 0.25) is 0 Å². The van der Waals surface area contributed by atoms with Gasteiger partial charge in [0.15, 0.2) is 6.20 Å². The third kappa shape index (κ3) is 0.603. The predicted molar refractivity (Wildman–Crippen MR) is 36.4 cm³/mol. The molecule has 10 heavy (non-hydrogen) atoms. The molecule has 0 saturated carbocycles. The Labute approximate surface area is 58.5 Å². The van der Waals surface area contributed by atoms with Gasteiger partial charge in [-0.2, -0.15) is 0 Å². The van der Waals surface area contributed by atoms with E-state index in [0.29, 0.717) is 0 Å². The topological polar surface area (TPSA) is 21.2 Å². The van der Waals surface area contributed by atoms with Crippen LogP contribution in [0.5, 0.6) is 0 Å². The summed E-state index contributed by atoms with van der Waals surface area (Å²) >= 11 is 0. The molecule has 3 heteroatoms. The van der Waals surface area contributed by atoms with Crippen molar-refractivity contribution >= 4 is 5.65 Å². The average molecular weight is 134 g/mol. The van der Waals surface area contributed by atoms with Crippen molar-refractivity contribution in [2.24, 2.45) is 7.05 Å². The molecule has 0 unspecified atom stereocenters. The molecule has 2 heterocycles. The van der Waals surface area contributed by atoms with Crippen LogP contribution in [0.1, 0.15) is 0 Å². The first-order chi connectivity index (χ1) is 4.88. The molecule has 2 aromatic rings. The minimum Gasteiger partial charge on any atom is -0.231 e. The van der Waals surface area contributed by atoms with E-state index >= 15 is 0 Å². The van der Waals surface area contributed by atoms with Crippen molar-refractivity contribution in [2.75, 3.05) is 0 Å². The van der Waals surface area contributed by atoms with Gasteiger partial charge in [0.05, 0.1) is 13.2 Å². The zero-order valence-corrected chi connectivity index (χ0v) is 5.73. The summed E-state index contributed by atoms with van der Waals surface area (Å²) in [5.41, 5.74) is 1.10. The van der Waals surface area contributed by atoms with Gasteiger partial charge >= 0.3 is 5.65 Å². The Morgan fingerprint density at radius 2 is 2.50 bits per heavy atom. The quantitative estimate of drug-likeness (QED) is 0.470. The van der Waals surface area contributed by atoms with Crippen LogP contribution in [0.25, 0.3) is 5.65 Å². The summed E-state index contributed by atoms with van der Waals surface area (Å²) in [5, 5.41) is 4.10. The Balaban J connectivity index is 2.93. The van der Waals surface area contributed by atoms with Gasteiger partial charge in [-0.3, -0.25) is 0 Å². The van der Waals surface area contributed by atoms with Gasteiger partial charge in [-0.25, -0.2) is 4.57 Å². The number of rotatable bonds is 0. The van der Waals surface area contributed by atoms with E-state index in [9.17, 15) is 0 Å². The van der Waals surface area contributed by atoms with Crippen LogP contribution in [0, 0.1) is 0 Å². The highest BCUT2D eigenvalue weighted by Crippen LogP contribution is 1.91. The smallest absolute Gasteiger partial charge is 0.231 e. The normalized spacial score (nSPS) is 10.5. The molecular formula is C7H8N3+. The lowest BCUT2D eigenvalue weighted by Crippen LogP contribution is -2.25. The van der Waals surface area contributed by atoms with Gasteiger partial charge < -0.3 is 0 Å². The molecule has 3 nitrogen and oxygen atoms in total. The number of hydrogen-bond acceptors (Lipinski definition) is 1. The van der Waals surface area contributed by atoms with Gasteiger partial charge in [0.1, 0.15) is 6.20 Å². The molecule has 0 aliphatic heterocycles. The number of fused-ring (bicyclic) bond motifs is 1. The van der Waals surface area contributed by atoms with Crippen LogP contribution < -0.4 is 4.57 Å². The average Bonchev–Trinajstić information content (AvgIpc) is 2.34. The number of hydrogen-bond donors (Lipinski definition) is 0. The summed E-state index contributed by atoms with van der Waals surface area (Å²) in [6, 6.07) is 3.95. The van der Waals surface area contributed by atoms with E-state index in [1.807, 2.05) is 40.7 Å². The van der Waals surface area contributed by atoms with Crippen LogP contribution >= 0.6 is 0 Å². The molecule has 0 bridgehead atoms. The lowest BCUT2D eigenvalue weighted by Gasteiger charge is -1.82. The van der Waals surface area contributed by atoms with E-state index in [1.54, 1.807) is 6.20 Å². The number of aryl methyl sites for hydroxylation is 1. The fourth-order valence-electron chi connectivity index (χ4n) is 1.01. The Bertz CT molecular complexity index is 350. The lowest BCUT2D eigenvalue weighted by molar-refractivity contribution is -0.644. The SMILES string of the molecule is C[n+]1ccn2ncccc21. The molecule has 2 aromatic heterocycles. The third-order valence-electron chi connectivity index (χ3n) is 1.55. The maximum absolute atomic E-state index is 4.10. The van der Waals surface area contributed by atoms with Crippen molar-refractivity contribution in [3.8, 4) is 0 Å². The first kappa shape index (κ1) is 5.41. The monoisotopic (exact) mass is 134 g/mol. The first-order valence-electron chi connectivity index (χ1n) is 3.16. The van der Waals surface area contributed by atoms with Gasteiger partial charge in [-0.15, -0.1) is 4.52 Å². The molecule has 0 radical (unpaired) electrons. The van der Waals surface area contributed by atoms with Crippen molar-refractivity contribution in [3.05, 3.63) is 30.7 Å². The van der Waals surface area contributed by atoms with Gasteiger partial charge in [-0.05, 0) is 6.07 Å². The van der Waals surface area contributed by atoms with Crippen molar-refractivity contribution in [2.45, 2.75) is 0 Å². The minimum atomic E-state index is 1.10. The summed E-state index contributed by atoms with van der Waals surface area (Å²) in [6.07, 6.45) is 5.67. The summed E-state index contributed by atoms with van der Waals surface area (Å²) in [4.78, 5) is 0. The number of nitrogens with zero attached hydrogens (tertiary/aromatic N) is 3. The molecule has 0 aromatic carbocycles. The number of aromatic nitrogens is 3. The van der Waals surface area contributed by atoms with E-state index < -0.39 is 0 Å². The van der Waals surface area contributed by atoms with Crippen LogP contribution in [0.2, 0.25) is 0 Å². The van der Waals surface area contributed by atoms with Gasteiger partial charge in [0.25, 0.3) is 0 Å². The molecule has 0 spiro atoms. The summed E-state index contributed by atoms with van der Waals surface area (Å²) in [6.45, 7) is 0. The Hall–Kier alpha value is -1.38. The Kier molecular flexibility index (Phi) is 0.974. The van der Waals surface area contributed by atoms with E-state index in [-0.39, 0.29) is 0 Å². The van der Waals surface area contributed by atoms with Crippen molar-refractivity contribution in [1.82, 2.24) is 9.61 Å². The maximum Gasteiger partial charge on any atom is 0.306 e. The first-order valence-corrected chi connectivity index (χ1v) is 3.16. The van der Waals surface area contributed by atoms with Crippen molar-refractivity contribution in [1.29, 1.82) is 0 Å². The zero-order valence-electron chi connectivity index (χ0n) is 5.73. The van der Waals surface area contributed by atoms with Crippen LogP contribution in [-0.2, 0) is 7.05 Å². The van der Waals surface area contributed by atoms with Crippen LogP contribution in [0.15, 0.2) is 30.7 Å². The summed E-state index contributed by atoms with van der Waals surface area (Å²) < 4.78 is 3.85. The Morgan fingerprint density at radius 3 is 3.30 bits per heavy atom. The lowest BCUT2D eigenvalue weighted by atomic mass is 10.6. The molecule has 0 N–H and O–H groups in total. The minimum absolute atomic E-state index is 1.10. The standard InChI is InChI=1S/C7H8N3/c1-9-5-6-10-7(9)3-2-4-8-10/h2-6H,1H3/q+1. The molecule has 0 atom stereocenters. The third-order valence-corrected chi connectivity index (χ3v) is 1.55. The van der Waals surface area contributed by atoms with Crippen LogP contribution in [-0.4, -0.2) is 9.61 Å². The van der Waals surface area contributed by atoms with E-state index in [2.05, 4.69) is 5.10 Å². The van der Waals surface area contributed by atoms with Gasteiger partial charge in [0, 0.05) is 6.07 Å². The summed E-state index contributed by atoms with van der Waals surface area (Å²) in [7, 11) is 2.00. The van der Waals surface area contributed by atoms with E-state index in [1.165, 1.54) is 0 Å². The maximum atomic E-state index is 4.10. The van der Waals surface area contributed by atoms with Crippen LogP contribution in [0.3, 0.4) is 0 Å². The van der Waals surface area contributed by atoms with Crippen molar-refractivity contribution < 1.29 is 4.57 Å². The second kappa shape index (κ2) is 1.80. The molecule has 0 amide bonds. The molecule has 50 valence electrons. The molecule has 0 fully saturated rings. The molecule has 0 aliphatic rings. The number of imidazole rings is 1. The highest BCUT2D eigenvalue weighted by atomic mass is 15.3. The van der Waals surface area contributed by atoms with E-state index in [4.69, 9.17) is 0 Å². The van der Waals surface area contributed by atoms with Gasteiger partial charge in [-0.1, -0.05) is 5.10 Å². The molecular weight excluding hydrogens is 126 g/mol. The zero-order chi connectivity index (χ0) is 6.97. The molecule has 2 rings (SSSR count). The molecule has 0 aliphatic carbocycles. The fraction of sp³-hybridized carbons (Fsp3) is 0.143.